The Hall–Kier alpha value is -2.36. The van der Waals surface area contributed by atoms with Gasteiger partial charge in [-0.1, -0.05) is 23.8 Å². The van der Waals surface area contributed by atoms with E-state index < -0.39 is 5.97 Å². The minimum atomic E-state index is -0.788. The lowest BCUT2D eigenvalue weighted by Crippen LogP contribution is -2.26. The largest absolute Gasteiger partial charge is 0.481 e. The fourth-order valence-electron chi connectivity index (χ4n) is 2.07. The van der Waals surface area contributed by atoms with Gasteiger partial charge in [-0.2, -0.15) is 0 Å². The molecule has 0 radical (unpaired) electrons. The molecule has 0 saturated heterocycles. The lowest BCUT2D eigenvalue weighted by molar-refractivity contribution is -0.136. The zero-order valence-electron chi connectivity index (χ0n) is 12.4. The van der Waals surface area contributed by atoms with Crippen molar-refractivity contribution in [2.24, 2.45) is 0 Å². The number of carbonyl (C=O) groups is 1. The van der Waals surface area contributed by atoms with Crippen LogP contribution in [0.1, 0.15) is 23.2 Å². The van der Waals surface area contributed by atoms with E-state index in [4.69, 9.17) is 5.11 Å². The van der Waals surface area contributed by atoms with Crippen molar-refractivity contribution in [2.75, 3.05) is 11.4 Å². The first-order valence-electron chi connectivity index (χ1n) is 6.99. The van der Waals surface area contributed by atoms with Gasteiger partial charge >= 0.3 is 5.97 Å². The second-order valence-corrected chi connectivity index (χ2v) is 5.23. The third kappa shape index (κ3) is 4.60. The Kier molecular flexibility index (Phi) is 4.93. The van der Waals surface area contributed by atoms with Gasteiger partial charge in [-0.15, -0.1) is 0 Å². The van der Waals surface area contributed by atoms with Crippen molar-refractivity contribution in [3.05, 3.63) is 59.4 Å². The standard InChI is InChI=1S/C17H20N2O2/c1-13-4-7-16(8-5-13)19(10-9-17(20)21)12-15-6-3-14(2)11-18-15/h3-8,11H,9-10,12H2,1-2H3,(H,20,21). The third-order valence-corrected chi connectivity index (χ3v) is 3.32. The van der Waals surface area contributed by atoms with Crippen LogP contribution in [-0.4, -0.2) is 22.6 Å². The SMILES string of the molecule is Cc1ccc(N(CCC(=O)O)Cc2ccc(C)cn2)cc1. The molecule has 0 saturated carbocycles. The first-order valence-corrected chi connectivity index (χ1v) is 6.99. The Morgan fingerprint density at radius 1 is 1.10 bits per heavy atom. The number of hydrogen-bond acceptors (Lipinski definition) is 3. The molecule has 2 aromatic rings. The Morgan fingerprint density at radius 2 is 1.76 bits per heavy atom. The van der Waals surface area contributed by atoms with Crippen LogP contribution in [0.2, 0.25) is 0 Å². The summed E-state index contributed by atoms with van der Waals surface area (Å²) in [4.78, 5) is 17.3. The summed E-state index contributed by atoms with van der Waals surface area (Å²) >= 11 is 0. The molecule has 0 bridgehead atoms. The molecule has 21 heavy (non-hydrogen) atoms. The second kappa shape index (κ2) is 6.88. The molecule has 1 heterocycles. The van der Waals surface area contributed by atoms with Crippen LogP contribution in [0.5, 0.6) is 0 Å². The number of aryl methyl sites for hydroxylation is 2. The summed E-state index contributed by atoms with van der Waals surface area (Å²) in [5.41, 5.74) is 4.26. The van der Waals surface area contributed by atoms with Crippen molar-refractivity contribution in [2.45, 2.75) is 26.8 Å². The van der Waals surface area contributed by atoms with Crippen LogP contribution in [0.4, 0.5) is 5.69 Å². The normalized spacial score (nSPS) is 10.4. The molecule has 2 rings (SSSR count). The zero-order valence-corrected chi connectivity index (χ0v) is 12.4. The van der Waals surface area contributed by atoms with E-state index >= 15 is 0 Å². The van der Waals surface area contributed by atoms with Gasteiger partial charge < -0.3 is 10.0 Å². The summed E-state index contributed by atoms with van der Waals surface area (Å²) < 4.78 is 0. The summed E-state index contributed by atoms with van der Waals surface area (Å²) in [6.07, 6.45) is 1.94. The molecule has 1 N–H and O–H groups in total. The van der Waals surface area contributed by atoms with E-state index in [1.165, 1.54) is 5.56 Å². The molecule has 4 nitrogen and oxygen atoms in total. The Labute approximate surface area is 125 Å². The molecule has 0 aliphatic rings. The van der Waals surface area contributed by atoms with Crippen molar-refractivity contribution < 1.29 is 9.90 Å². The maximum absolute atomic E-state index is 10.8. The zero-order chi connectivity index (χ0) is 15.2. The number of nitrogens with zero attached hydrogens (tertiary/aromatic N) is 2. The Balaban J connectivity index is 2.16. The average Bonchev–Trinajstić information content (AvgIpc) is 2.46. The molecule has 0 amide bonds. The van der Waals surface area contributed by atoms with Crippen LogP contribution in [0, 0.1) is 13.8 Å². The van der Waals surface area contributed by atoms with Crippen molar-refractivity contribution in [3.63, 3.8) is 0 Å². The highest BCUT2D eigenvalue weighted by Gasteiger charge is 2.10. The summed E-state index contributed by atoms with van der Waals surface area (Å²) in [5.74, 6) is -0.788. The molecule has 1 aromatic carbocycles. The highest BCUT2D eigenvalue weighted by Crippen LogP contribution is 2.18. The third-order valence-electron chi connectivity index (χ3n) is 3.32. The summed E-state index contributed by atoms with van der Waals surface area (Å²) in [5, 5.41) is 8.91. The second-order valence-electron chi connectivity index (χ2n) is 5.23. The minimum Gasteiger partial charge on any atom is -0.481 e. The summed E-state index contributed by atoms with van der Waals surface area (Å²) in [6.45, 7) is 5.11. The minimum absolute atomic E-state index is 0.111. The van der Waals surface area contributed by atoms with E-state index in [-0.39, 0.29) is 6.42 Å². The van der Waals surface area contributed by atoms with E-state index in [0.717, 1.165) is 16.9 Å². The summed E-state index contributed by atoms with van der Waals surface area (Å²) in [6, 6.07) is 12.1. The van der Waals surface area contributed by atoms with Gasteiger partial charge in [0, 0.05) is 18.4 Å². The first kappa shape index (κ1) is 15.0. The van der Waals surface area contributed by atoms with Crippen LogP contribution in [0.3, 0.4) is 0 Å². The predicted molar refractivity (Wildman–Crippen MR) is 83.5 cm³/mol. The van der Waals surface area contributed by atoms with Gasteiger partial charge in [0.05, 0.1) is 18.7 Å². The van der Waals surface area contributed by atoms with Gasteiger partial charge in [0.2, 0.25) is 0 Å². The van der Waals surface area contributed by atoms with Crippen LogP contribution >= 0.6 is 0 Å². The first-order chi connectivity index (χ1) is 10.0. The van der Waals surface area contributed by atoms with E-state index in [2.05, 4.69) is 4.98 Å². The molecule has 0 atom stereocenters. The molecular weight excluding hydrogens is 264 g/mol. The van der Waals surface area contributed by atoms with Crippen molar-refractivity contribution in [1.82, 2.24) is 4.98 Å². The summed E-state index contributed by atoms with van der Waals surface area (Å²) in [7, 11) is 0. The molecule has 1 aromatic heterocycles. The van der Waals surface area contributed by atoms with Crippen LogP contribution in [-0.2, 0) is 11.3 Å². The highest BCUT2D eigenvalue weighted by atomic mass is 16.4. The number of carboxylic acid groups (broad SMARTS) is 1. The number of pyridine rings is 1. The lowest BCUT2D eigenvalue weighted by atomic mass is 10.2. The van der Waals surface area contributed by atoms with E-state index in [0.29, 0.717) is 13.1 Å². The molecular formula is C17H20N2O2. The molecule has 0 unspecified atom stereocenters. The number of aliphatic carboxylic acids is 1. The van der Waals surface area contributed by atoms with E-state index in [1.807, 2.05) is 61.3 Å². The molecule has 0 aliphatic heterocycles. The van der Waals surface area contributed by atoms with Gasteiger partial charge in [-0.25, -0.2) is 0 Å². The maximum Gasteiger partial charge on any atom is 0.305 e. The fourth-order valence-corrected chi connectivity index (χ4v) is 2.07. The van der Waals surface area contributed by atoms with Crippen LogP contribution < -0.4 is 4.90 Å². The number of carboxylic acids is 1. The molecule has 0 aliphatic carbocycles. The number of benzene rings is 1. The van der Waals surface area contributed by atoms with Crippen molar-refractivity contribution in [1.29, 1.82) is 0 Å². The van der Waals surface area contributed by atoms with Gasteiger partial charge in [0.25, 0.3) is 0 Å². The van der Waals surface area contributed by atoms with Gasteiger partial charge in [-0.05, 0) is 37.6 Å². The maximum atomic E-state index is 10.8. The molecule has 0 spiro atoms. The number of rotatable bonds is 6. The van der Waals surface area contributed by atoms with Crippen molar-refractivity contribution >= 4 is 11.7 Å². The number of aromatic nitrogens is 1. The van der Waals surface area contributed by atoms with Gasteiger partial charge in [0.15, 0.2) is 0 Å². The smallest absolute Gasteiger partial charge is 0.305 e. The van der Waals surface area contributed by atoms with Gasteiger partial charge in [0.1, 0.15) is 0 Å². The number of anilines is 1. The predicted octanol–water partition coefficient (Wildman–Crippen LogP) is 3.18. The molecule has 0 fully saturated rings. The Bertz CT molecular complexity index is 591. The highest BCUT2D eigenvalue weighted by molar-refractivity contribution is 5.67. The quantitative estimate of drug-likeness (QED) is 0.885. The van der Waals surface area contributed by atoms with E-state index in [9.17, 15) is 4.79 Å². The van der Waals surface area contributed by atoms with Crippen LogP contribution in [0.15, 0.2) is 42.6 Å². The van der Waals surface area contributed by atoms with E-state index in [1.54, 1.807) is 0 Å². The fraction of sp³-hybridized carbons (Fsp3) is 0.294. The monoisotopic (exact) mass is 284 g/mol. The molecule has 110 valence electrons. The average molecular weight is 284 g/mol. The van der Waals surface area contributed by atoms with Crippen LogP contribution in [0.25, 0.3) is 0 Å². The van der Waals surface area contributed by atoms with Gasteiger partial charge in [-0.3, -0.25) is 9.78 Å². The number of hydrogen-bond donors (Lipinski definition) is 1. The lowest BCUT2D eigenvalue weighted by Gasteiger charge is -2.24. The van der Waals surface area contributed by atoms with Crippen molar-refractivity contribution in [3.8, 4) is 0 Å². The topological polar surface area (TPSA) is 53.4 Å². The Morgan fingerprint density at radius 3 is 2.33 bits per heavy atom. The molecule has 4 heteroatoms.